The first kappa shape index (κ1) is 18.4. The normalized spacial score (nSPS) is 10.2. The summed E-state index contributed by atoms with van der Waals surface area (Å²) < 4.78 is 12.9. The fourth-order valence-electron chi connectivity index (χ4n) is 2.20. The van der Waals surface area contributed by atoms with Crippen molar-refractivity contribution in [3.63, 3.8) is 0 Å². The van der Waals surface area contributed by atoms with E-state index < -0.39 is 5.82 Å². The van der Waals surface area contributed by atoms with Gasteiger partial charge in [0.25, 0.3) is 5.91 Å². The molecule has 0 saturated heterocycles. The molecule has 0 saturated carbocycles. The zero-order valence-corrected chi connectivity index (χ0v) is 14.5. The Balaban J connectivity index is 2.02. The maximum atomic E-state index is 12.9. The van der Waals surface area contributed by atoms with E-state index in [1.807, 2.05) is 19.1 Å². The van der Waals surface area contributed by atoms with Crippen molar-refractivity contribution in [2.45, 2.75) is 13.5 Å². The molecule has 2 rings (SSSR count). The second kappa shape index (κ2) is 8.23. The van der Waals surface area contributed by atoms with E-state index in [0.29, 0.717) is 18.7 Å². The maximum absolute atomic E-state index is 12.9. The first-order chi connectivity index (χ1) is 11.9. The molecule has 2 aromatic rings. The summed E-state index contributed by atoms with van der Waals surface area (Å²) in [6.45, 7) is 2.74. The van der Waals surface area contributed by atoms with Crippen molar-refractivity contribution >= 4 is 17.8 Å². The average Bonchev–Trinajstić information content (AvgIpc) is 2.61. The van der Waals surface area contributed by atoms with E-state index in [1.54, 1.807) is 31.1 Å². The summed E-state index contributed by atoms with van der Waals surface area (Å²) >= 11 is 0. The lowest BCUT2D eigenvalue weighted by Gasteiger charge is -2.21. The molecule has 1 N–H and O–H groups in total. The number of benzene rings is 1. The maximum Gasteiger partial charge on any atom is 0.323 e. The molecule has 0 aliphatic heterocycles. The smallest absolute Gasteiger partial charge is 0.323 e. The van der Waals surface area contributed by atoms with Gasteiger partial charge in [-0.3, -0.25) is 10.1 Å². The summed E-state index contributed by atoms with van der Waals surface area (Å²) in [5.41, 5.74) is 1.50. The van der Waals surface area contributed by atoms with Crippen molar-refractivity contribution in [2.24, 2.45) is 0 Å². The van der Waals surface area contributed by atoms with Crippen LogP contribution in [-0.2, 0) is 6.54 Å². The zero-order valence-electron chi connectivity index (χ0n) is 14.5. The predicted molar refractivity (Wildman–Crippen MR) is 93.8 cm³/mol. The van der Waals surface area contributed by atoms with Crippen LogP contribution in [0.25, 0.3) is 0 Å². The Hall–Kier alpha value is -2.96. The Morgan fingerprint density at radius 1 is 1.12 bits per heavy atom. The molecule has 0 bridgehead atoms. The molecular weight excluding hydrogens is 323 g/mol. The quantitative estimate of drug-likeness (QED) is 0.907. The number of aromatic nitrogens is 1. The largest absolute Gasteiger partial charge is 0.345 e. The molecule has 1 aromatic heterocycles. The van der Waals surface area contributed by atoms with Gasteiger partial charge in [0, 0.05) is 32.7 Å². The number of amides is 3. The minimum absolute atomic E-state index is 0.0703. The Bertz CT molecular complexity index is 730. The van der Waals surface area contributed by atoms with Crippen LogP contribution in [0.1, 0.15) is 22.8 Å². The topological polar surface area (TPSA) is 65.5 Å². The summed E-state index contributed by atoms with van der Waals surface area (Å²) in [4.78, 5) is 31.1. The Morgan fingerprint density at radius 3 is 2.32 bits per heavy atom. The van der Waals surface area contributed by atoms with Crippen molar-refractivity contribution < 1.29 is 14.0 Å². The standard InChI is InChI=1S/C18H21FN4O2/c1-4-23(18(25)21-16-10-9-15(19)11-20-16)12-13-5-7-14(8-6-13)17(24)22(2)3/h5-11H,4,12H2,1-3H3,(H,20,21,25). The predicted octanol–water partition coefficient (Wildman–Crippen LogP) is 2.98. The number of carbonyl (C=O) groups is 2. The fraction of sp³-hybridized carbons (Fsp3) is 0.278. The van der Waals surface area contributed by atoms with Crippen molar-refractivity contribution in [3.8, 4) is 0 Å². The molecule has 25 heavy (non-hydrogen) atoms. The van der Waals surface area contributed by atoms with Gasteiger partial charge in [0.1, 0.15) is 11.6 Å². The molecular formula is C18H21FN4O2. The summed E-state index contributed by atoms with van der Waals surface area (Å²) in [6.07, 6.45) is 1.05. The van der Waals surface area contributed by atoms with E-state index in [0.717, 1.165) is 11.8 Å². The number of carbonyl (C=O) groups excluding carboxylic acids is 2. The van der Waals surface area contributed by atoms with Crippen LogP contribution in [0.3, 0.4) is 0 Å². The van der Waals surface area contributed by atoms with Crippen LogP contribution in [0.2, 0.25) is 0 Å². The minimum Gasteiger partial charge on any atom is -0.345 e. The number of hydrogen-bond donors (Lipinski definition) is 1. The zero-order chi connectivity index (χ0) is 18.4. The van der Waals surface area contributed by atoms with Crippen molar-refractivity contribution in [1.29, 1.82) is 0 Å². The van der Waals surface area contributed by atoms with Gasteiger partial charge < -0.3 is 9.80 Å². The number of anilines is 1. The van der Waals surface area contributed by atoms with E-state index in [9.17, 15) is 14.0 Å². The third-order valence-corrected chi connectivity index (χ3v) is 3.61. The molecule has 1 aromatic carbocycles. The summed E-state index contributed by atoms with van der Waals surface area (Å²) in [7, 11) is 3.39. The number of nitrogens with zero attached hydrogens (tertiary/aromatic N) is 3. The highest BCUT2D eigenvalue weighted by atomic mass is 19.1. The van der Waals surface area contributed by atoms with Gasteiger partial charge in [0.15, 0.2) is 0 Å². The number of hydrogen-bond acceptors (Lipinski definition) is 3. The highest BCUT2D eigenvalue weighted by Crippen LogP contribution is 2.11. The first-order valence-electron chi connectivity index (χ1n) is 7.88. The van der Waals surface area contributed by atoms with Gasteiger partial charge in [-0.1, -0.05) is 12.1 Å². The van der Waals surface area contributed by atoms with Crippen LogP contribution in [0.4, 0.5) is 15.0 Å². The van der Waals surface area contributed by atoms with Gasteiger partial charge in [0.2, 0.25) is 0 Å². The van der Waals surface area contributed by atoms with E-state index in [-0.39, 0.29) is 17.8 Å². The van der Waals surface area contributed by atoms with Gasteiger partial charge in [-0.15, -0.1) is 0 Å². The number of pyridine rings is 1. The molecule has 0 spiro atoms. The molecule has 1 heterocycles. The molecule has 7 heteroatoms. The van der Waals surface area contributed by atoms with Crippen LogP contribution in [0, 0.1) is 5.82 Å². The number of urea groups is 1. The lowest BCUT2D eigenvalue weighted by Crippen LogP contribution is -2.34. The molecule has 0 fully saturated rings. The highest BCUT2D eigenvalue weighted by Gasteiger charge is 2.14. The number of halogens is 1. The van der Waals surface area contributed by atoms with Gasteiger partial charge in [-0.05, 0) is 36.8 Å². The van der Waals surface area contributed by atoms with Gasteiger partial charge in [-0.2, -0.15) is 0 Å². The fourth-order valence-corrected chi connectivity index (χ4v) is 2.20. The van der Waals surface area contributed by atoms with Gasteiger partial charge >= 0.3 is 6.03 Å². The monoisotopic (exact) mass is 344 g/mol. The van der Waals surface area contributed by atoms with Crippen molar-refractivity contribution in [1.82, 2.24) is 14.8 Å². The first-order valence-corrected chi connectivity index (χ1v) is 7.88. The molecule has 6 nitrogen and oxygen atoms in total. The lowest BCUT2D eigenvalue weighted by atomic mass is 10.1. The molecule has 0 aliphatic rings. The van der Waals surface area contributed by atoms with Gasteiger partial charge in [-0.25, -0.2) is 14.2 Å². The molecule has 3 amide bonds. The van der Waals surface area contributed by atoms with E-state index in [1.165, 1.54) is 17.0 Å². The van der Waals surface area contributed by atoms with Gasteiger partial charge in [0.05, 0.1) is 6.20 Å². The Labute approximate surface area is 146 Å². The third-order valence-electron chi connectivity index (χ3n) is 3.61. The third kappa shape index (κ3) is 5.00. The summed E-state index contributed by atoms with van der Waals surface area (Å²) in [5, 5.41) is 2.63. The SMILES string of the molecule is CCN(Cc1ccc(C(=O)N(C)C)cc1)C(=O)Nc1ccc(F)cn1. The van der Waals surface area contributed by atoms with E-state index in [2.05, 4.69) is 10.3 Å². The second-order valence-electron chi connectivity index (χ2n) is 5.70. The van der Waals surface area contributed by atoms with E-state index >= 15 is 0 Å². The van der Waals surface area contributed by atoms with E-state index in [4.69, 9.17) is 0 Å². The van der Waals surface area contributed by atoms with Crippen molar-refractivity contribution in [2.75, 3.05) is 26.0 Å². The van der Waals surface area contributed by atoms with Crippen LogP contribution in [0.15, 0.2) is 42.6 Å². The van der Waals surface area contributed by atoms with Crippen LogP contribution >= 0.6 is 0 Å². The molecule has 0 atom stereocenters. The molecule has 0 radical (unpaired) electrons. The molecule has 132 valence electrons. The summed E-state index contributed by atoms with van der Waals surface area (Å²) in [5.74, 6) is -0.242. The Kier molecular flexibility index (Phi) is 6.05. The van der Waals surface area contributed by atoms with Crippen LogP contribution in [0.5, 0.6) is 0 Å². The average molecular weight is 344 g/mol. The minimum atomic E-state index is -0.460. The van der Waals surface area contributed by atoms with Crippen LogP contribution < -0.4 is 5.32 Å². The number of nitrogens with one attached hydrogen (secondary N) is 1. The summed E-state index contributed by atoms with van der Waals surface area (Å²) in [6, 6.07) is 9.44. The Morgan fingerprint density at radius 2 is 1.80 bits per heavy atom. The van der Waals surface area contributed by atoms with Crippen LogP contribution in [-0.4, -0.2) is 47.4 Å². The highest BCUT2D eigenvalue weighted by molar-refractivity contribution is 5.93. The second-order valence-corrected chi connectivity index (χ2v) is 5.70. The lowest BCUT2D eigenvalue weighted by molar-refractivity contribution is 0.0827. The number of rotatable bonds is 5. The molecule has 0 unspecified atom stereocenters. The molecule has 0 aliphatic carbocycles. The van der Waals surface area contributed by atoms with Crippen molar-refractivity contribution in [3.05, 3.63) is 59.5 Å².